The molecule has 3 rings (SSSR count). The lowest BCUT2D eigenvalue weighted by Crippen LogP contribution is -2.47. The SMILES string of the molecule is Fc1ccc(Br)c(CNC2CCOC3(CCSC3)C2)c1. The zero-order valence-corrected chi connectivity index (χ0v) is 13.7. The van der Waals surface area contributed by atoms with Gasteiger partial charge in [0.25, 0.3) is 0 Å². The van der Waals surface area contributed by atoms with Crippen LogP contribution in [0.4, 0.5) is 4.39 Å². The van der Waals surface area contributed by atoms with Gasteiger partial charge in [0, 0.05) is 29.4 Å². The maximum atomic E-state index is 13.3. The van der Waals surface area contributed by atoms with Crippen LogP contribution in [-0.4, -0.2) is 29.8 Å². The summed E-state index contributed by atoms with van der Waals surface area (Å²) in [7, 11) is 0. The highest BCUT2D eigenvalue weighted by Gasteiger charge is 2.40. The van der Waals surface area contributed by atoms with Crippen molar-refractivity contribution in [1.82, 2.24) is 5.32 Å². The van der Waals surface area contributed by atoms with Crippen LogP contribution in [0.2, 0.25) is 0 Å². The molecule has 1 aromatic rings. The number of ether oxygens (including phenoxy) is 1. The van der Waals surface area contributed by atoms with Crippen LogP contribution < -0.4 is 5.32 Å². The third kappa shape index (κ3) is 3.38. The van der Waals surface area contributed by atoms with Crippen LogP contribution in [0.25, 0.3) is 0 Å². The Kier molecular flexibility index (Phi) is 4.70. The lowest BCUT2D eigenvalue weighted by atomic mass is 9.90. The summed E-state index contributed by atoms with van der Waals surface area (Å²) in [5.41, 5.74) is 1.08. The molecule has 5 heteroatoms. The molecule has 2 saturated heterocycles. The highest BCUT2D eigenvalue weighted by atomic mass is 79.9. The quantitative estimate of drug-likeness (QED) is 0.888. The lowest BCUT2D eigenvalue weighted by Gasteiger charge is -2.38. The van der Waals surface area contributed by atoms with E-state index in [1.807, 2.05) is 11.8 Å². The van der Waals surface area contributed by atoms with Crippen molar-refractivity contribution in [1.29, 1.82) is 0 Å². The van der Waals surface area contributed by atoms with Crippen LogP contribution in [0.1, 0.15) is 24.8 Å². The summed E-state index contributed by atoms with van der Waals surface area (Å²) in [6.07, 6.45) is 3.28. The van der Waals surface area contributed by atoms with Crippen LogP contribution in [0.3, 0.4) is 0 Å². The zero-order chi connectivity index (χ0) is 14.0. The molecule has 2 aliphatic heterocycles. The Morgan fingerprint density at radius 1 is 1.50 bits per heavy atom. The van der Waals surface area contributed by atoms with Gasteiger partial charge in [-0.3, -0.25) is 0 Å². The largest absolute Gasteiger partial charge is 0.374 e. The van der Waals surface area contributed by atoms with Crippen molar-refractivity contribution in [3.05, 3.63) is 34.1 Å². The molecule has 0 saturated carbocycles. The number of nitrogens with one attached hydrogen (secondary N) is 1. The molecular formula is C15H19BrFNOS. The Morgan fingerprint density at radius 2 is 2.40 bits per heavy atom. The average Bonchev–Trinajstić information content (AvgIpc) is 2.88. The van der Waals surface area contributed by atoms with Crippen LogP contribution in [-0.2, 0) is 11.3 Å². The standard InChI is InChI=1S/C15H19BrFNOS/c16-14-2-1-12(17)7-11(14)9-18-13-3-5-19-15(8-13)4-6-20-10-15/h1-2,7,13,18H,3-6,8-10H2. The van der Waals surface area contributed by atoms with Gasteiger partial charge in [-0.15, -0.1) is 0 Å². The number of rotatable bonds is 3. The van der Waals surface area contributed by atoms with Crippen molar-refractivity contribution in [3.8, 4) is 0 Å². The molecule has 2 atom stereocenters. The average molecular weight is 360 g/mol. The molecule has 0 radical (unpaired) electrons. The molecule has 2 nitrogen and oxygen atoms in total. The first-order valence-corrected chi connectivity index (χ1v) is 9.01. The Labute approximate surface area is 132 Å². The molecule has 2 unspecified atom stereocenters. The van der Waals surface area contributed by atoms with Gasteiger partial charge in [0.2, 0.25) is 0 Å². The van der Waals surface area contributed by atoms with Crippen molar-refractivity contribution < 1.29 is 9.13 Å². The van der Waals surface area contributed by atoms with Crippen LogP contribution >= 0.6 is 27.7 Å². The van der Waals surface area contributed by atoms with E-state index in [-0.39, 0.29) is 11.4 Å². The van der Waals surface area contributed by atoms with Gasteiger partial charge in [-0.2, -0.15) is 11.8 Å². The predicted molar refractivity (Wildman–Crippen MR) is 84.6 cm³/mol. The summed E-state index contributed by atoms with van der Waals surface area (Å²) in [6.45, 7) is 1.54. The van der Waals surface area contributed by atoms with Gasteiger partial charge in [0.15, 0.2) is 0 Å². The molecule has 0 aromatic heterocycles. The van der Waals surface area contributed by atoms with Crippen LogP contribution in [0, 0.1) is 5.82 Å². The predicted octanol–water partition coefficient (Wildman–Crippen LogP) is 3.73. The second-order valence-electron chi connectivity index (χ2n) is 5.64. The van der Waals surface area contributed by atoms with Gasteiger partial charge < -0.3 is 10.1 Å². The molecule has 20 heavy (non-hydrogen) atoms. The Bertz CT molecular complexity index is 479. The van der Waals surface area contributed by atoms with Crippen LogP contribution in [0.5, 0.6) is 0 Å². The molecule has 0 aliphatic carbocycles. The number of benzene rings is 1. The second-order valence-corrected chi connectivity index (χ2v) is 7.60. The number of hydrogen-bond donors (Lipinski definition) is 1. The van der Waals surface area contributed by atoms with Crippen molar-refractivity contribution in [3.63, 3.8) is 0 Å². The van der Waals surface area contributed by atoms with E-state index < -0.39 is 0 Å². The summed E-state index contributed by atoms with van der Waals surface area (Å²) in [5.74, 6) is 2.15. The molecule has 0 bridgehead atoms. The monoisotopic (exact) mass is 359 g/mol. The summed E-state index contributed by atoms with van der Waals surface area (Å²) >= 11 is 5.47. The van der Waals surface area contributed by atoms with Gasteiger partial charge in [-0.05, 0) is 48.8 Å². The molecule has 1 N–H and O–H groups in total. The van der Waals surface area contributed by atoms with Crippen molar-refractivity contribution in [2.24, 2.45) is 0 Å². The van der Waals surface area contributed by atoms with Gasteiger partial charge in [-0.1, -0.05) is 15.9 Å². The van der Waals surface area contributed by atoms with Gasteiger partial charge in [0.1, 0.15) is 5.82 Å². The number of halogens is 2. The van der Waals surface area contributed by atoms with E-state index in [2.05, 4.69) is 21.2 Å². The first-order chi connectivity index (χ1) is 9.67. The second kappa shape index (κ2) is 6.34. The fourth-order valence-electron chi connectivity index (χ4n) is 3.00. The van der Waals surface area contributed by atoms with Crippen molar-refractivity contribution >= 4 is 27.7 Å². The van der Waals surface area contributed by atoms with E-state index in [1.165, 1.54) is 18.2 Å². The summed E-state index contributed by atoms with van der Waals surface area (Å²) in [6, 6.07) is 5.31. The Balaban J connectivity index is 1.59. The molecule has 2 aliphatic rings. The first kappa shape index (κ1) is 14.8. The van der Waals surface area contributed by atoms with Gasteiger partial charge >= 0.3 is 0 Å². The Hall–Kier alpha value is -0.100. The van der Waals surface area contributed by atoms with E-state index in [0.717, 1.165) is 35.2 Å². The van der Waals surface area contributed by atoms with Gasteiger partial charge in [0.05, 0.1) is 5.60 Å². The molecule has 2 fully saturated rings. The van der Waals surface area contributed by atoms with E-state index >= 15 is 0 Å². The van der Waals surface area contributed by atoms with Crippen molar-refractivity contribution in [2.75, 3.05) is 18.1 Å². The smallest absolute Gasteiger partial charge is 0.123 e. The highest BCUT2D eigenvalue weighted by Crippen LogP contribution is 2.38. The minimum absolute atomic E-state index is 0.0970. The number of hydrogen-bond acceptors (Lipinski definition) is 3. The van der Waals surface area contributed by atoms with Crippen molar-refractivity contribution in [2.45, 2.75) is 37.5 Å². The zero-order valence-electron chi connectivity index (χ0n) is 11.3. The lowest BCUT2D eigenvalue weighted by molar-refractivity contribution is -0.0703. The fourth-order valence-corrected chi connectivity index (χ4v) is 4.76. The maximum absolute atomic E-state index is 13.3. The number of thioether (sulfide) groups is 1. The highest BCUT2D eigenvalue weighted by molar-refractivity contribution is 9.10. The normalized spacial score (nSPS) is 30.0. The summed E-state index contributed by atoms with van der Waals surface area (Å²) in [4.78, 5) is 0. The first-order valence-electron chi connectivity index (χ1n) is 7.06. The van der Waals surface area contributed by atoms with E-state index in [9.17, 15) is 4.39 Å². The molecule has 1 spiro atoms. The molecule has 1 aromatic carbocycles. The molecular weight excluding hydrogens is 341 g/mol. The minimum Gasteiger partial charge on any atom is -0.374 e. The van der Waals surface area contributed by atoms with Gasteiger partial charge in [-0.25, -0.2) is 4.39 Å². The third-order valence-electron chi connectivity index (χ3n) is 4.15. The molecule has 110 valence electrons. The van der Waals surface area contributed by atoms with E-state index in [0.29, 0.717) is 12.6 Å². The minimum atomic E-state index is -0.180. The fraction of sp³-hybridized carbons (Fsp3) is 0.600. The summed E-state index contributed by atoms with van der Waals surface area (Å²) < 4.78 is 20.3. The third-order valence-corrected chi connectivity index (χ3v) is 6.15. The van der Waals surface area contributed by atoms with Crippen LogP contribution in [0.15, 0.2) is 22.7 Å². The maximum Gasteiger partial charge on any atom is 0.123 e. The topological polar surface area (TPSA) is 21.3 Å². The molecule has 2 heterocycles. The van der Waals surface area contributed by atoms with E-state index in [4.69, 9.17) is 4.74 Å². The van der Waals surface area contributed by atoms with E-state index in [1.54, 1.807) is 12.1 Å². The summed E-state index contributed by atoms with van der Waals surface area (Å²) in [5, 5.41) is 3.57. The Morgan fingerprint density at radius 3 is 3.20 bits per heavy atom. The molecule has 0 amide bonds.